The molecule has 1 saturated heterocycles. The molecule has 2 aromatic rings. The van der Waals surface area contributed by atoms with Crippen molar-refractivity contribution in [2.45, 2.75) is 44.8 Å². The van der Waals surface area contributed by atoms with Crippen LogP contribution >= 0.6 is 0 Å². The fraction of sp³-hybridized carbons (Fsp3) is 0.458. The number of hydrogen-bond acceptors (Lipinski definition) is 4. The van der Waals surface area contributed by atoms with Crippen LogP contribution in [-0.2, 0) is 22.4 Å². The minimum atomic E-state index is -0.826. The molecule has 1 atom stereocenters. The van der Waals surface area contributed by atoms with Gasteiger partial charge in [-0.25, -0.2) is 0 Å². The minimum absolute atomic E-state index is 0.00760. The van der Waals surface area contributed by atoms with Crippen molar-refractivity contribution in [3.63, 3.8) is 0 Å². The fourth-order valence-electron chi connectivity index (χ4n) is 3.76. The summed E-state index contributed by atoms with van der Waals surface area (Å²) < 4.78 is 11.9. The number of ether oxygens (including phenoxy) is 2. The molecule has 1 fully saturated rings. The number of aryl methyl sites for hydroxylation is 2. The molecule has 0 aliphatic carbocycles. The zero-order valence-corrected chi connectivity index (χ0v) is 17.0. The molecule has 29 heavy (non-hydrogen) atoms. The Labute approximate surface area is 173 Å². The molecule has 1 aliphatic rings. The Hall–Kier alpha value is -2.37. The first-order valence-corrected chi connectivity index (χ1v) is 10.5. The molecule has 1 heterocycles. The molecule has 0 spiro atoms. The monoisotopic (exact) mass is 397 g/mol. The summed E-state index contributed by atoms with van der Waals surface area (Å²) in [6, 6.07) is 18.5. The van der Waals surface area contributed by atoms with Crippen LogP contribution in [-0.4, -0.2) is 48.5 Å². The molecule has 5 heteroatoms. The molecule has 1 N–H and O–H groups in total. The van der Waals surface area contributed by atoms with Gasteiger partial charge in [0.25, 0.3) is 0 Å². The van der Waals surface area contributed by atoms with Gasteiger partial charge in [0.1, 0.15) is 18.6 Å². The number of nitrogens with zero attached hydrogens (tertiary/aromatic N) is 1. The van der Waals surface area contributed by atoms with Crippen LogP contribution in [0.5, 0.6) is 5.75 Å². The van der Waals surface area contributed by atoms with Crippen molar-refractivity contribution in [1.29, 1.82) is 0 Å². The maximum absolute atomic E-state index is 11.2. The van der Waals surface area contributed by atoms with Crippen LogP contribution in [0.3, 0.4) is 0 Å². The van der Waals surface area contributed by atoms with Crippen molar-refractivity contribution >= 4 is 5.97 Å². The lowest BCUT2D eigenvalue weighted by molar-refractivity contribution is -0.147. The fourth-order valence-corrected chi connectivity index (χ4v) is 3.76. The second-order valence-corrected chi connectivity index (χ2v) is 7.46. The highest BCUT2D eigenvalue weighted by atomic mass is 16.5. The Bertz CT molecular complexity index is 744. The summed E-state index contributed by atoms with van der Waals surface area (Å²) in [6.45, 7) is 2.59. The number of carboxylic acid groups (broad SMARTS) is 1. The minimum Gasteiger partial charge on any atom is -0.491 e. The number of likely N-dealkylation sites (tertiary alicyclic amines) is 1. The average Bonchev–Trinajstić information content (AvgIpc) is 2.76. The van der Waals surface area contributed by atoms with E-state index in [1.54, 1.807) is 0 Å². The topological polar surface area (TPSA) is 59.0 Å². The Morgan fingerprint density at radius 1 is 0.931 bits per heavy atom. The zero-order chi connectivity index (χ0) is 20.3. The summed E-state index contributed by atoms with van der Waals surface area (Å²) in [5.41, 5.74) is 2.48. The van der Waals surface area contributed by atoms with E-state index in [-0.39, 0.29) is 12.6 Å². The van der Waals surface area contributed by atoms with E-state index < -0.39 is 5.97 Å². The van der Waals surface area contributed by atoms with Gasteiger partial charge in [-0.1, -0.05) is 55.0 Å². The molecule has 0 saturated carbocycles. The van der Waals surface area contributed by atoms with Gasteiger partial charge >= 0.3 is 5.97 Å². The molecule has 5 nitrogen and oxygen atoms in total. The highest BCUT2D eigenvalue weighted by Crippen LogP contribution is 2.20. The summed E-state index contributed by atoms with van der Waals surface area (Å²) in [5.74, 6) is 0.0486. The van der Waals surface area contributed by atoms with Crippen LogP contribution in [0.2, 0.25) is 0 Å². The van der Waals surface area contributed by atoms with Crippen LogP contribution in [0.15, 0.2) is 54.6 Å². The molecule has 1 unspecified atom stereocenters. The Kier molecular flexibility index (Phi) is 8.53. The normalized spacial score (nSPS) is 15.7. The lowest BCUT2D eigenvalue weighted by atomic mass is 10.0. The van der Waals surface area contributed by atoms with Gasteiger partial charge in [-0.05, 0) is 42.9 Å². The van der Waals surface area contributed by atoms with E-state index in [1.807, 2.05) is 24.3 Å². The van der Waals surface area contributed by atoms with Crippen molar-refractivity contribution in [2.24, 2.45) is 0 Å². The molecule has 3 rings (SSSR count). The molecule has 0 amide bonds. The number of piperidine rings is 1. The Balaban J connectivity index is 1.48. The van der Waals surface area contributed by atoms with E-state index in [1.165, 1.54) is 17.5 Å². The van der Waals surface area contributed by atoms with E-state index in [0.29, 0.717) is 13.2 Å². The van der Waals surface area contributed by atoms with Gasteiger partial charge in [0.15, 0.2) is 0 Å². The molecular weight excluding hydrogens is 366 g/mol. The van der Waals surface area contributed by atoms with E-state index in [4.69, 9.17) is 9.47 Å². The van der Waals surface area contributed by atoms with Crippen molar-refractivity contribution in [3.8, 4) is 5.75 Å². The van der Waals surface area contributed by atoms with Gasteiger partial charge < -0.3 is 14.6 Å². The number of hydrogen-bond donors (Lipinski definition) is 1. The van der Waals surface area contributed by atoms with E-state index >= 15 is 0 Å². The van der Waals surface area contributed by atoms with Gasteiger partial charge in [-0.2, -0.15) is 0 Å². The largest absolute Gasteiger partial charge is 0.491 e. The Morgan fingerprint density at radius 3 is 2.41 bits per heavy atom. The third-order valence-electron chi connectivity index (χ3n) is 5.30. The summed E-state index contributed by atoms with van der Waals surface area (Å²) in [5, 5.41) is 9.20. The Morgan fingerprint density at radius 2 is 1.66 bits per heavy atom. The van der Waals surface area contributed by atoms with Crippen molar-refractivity contribution < 1.29 is 19.4 Å². The van der Waals surface area contributed by atoms with Crippen LogP contribution in [0.1, 0.15) is 36.8 Å². The van der Waals surface area contributed by atoms with Crippen LogP contribution in [0, 0.1) is 0 Å². The third-order valence-corrected chi connectivity index (χ3v) is 5.30. The smallest absolute Gasteiger partial charge is 0.307 e. The van der Waals surface area contributed by atoms with Crippen LogP contribution in [0.25, 0.3) is 0 Å². The van der Waals surface area contributed by atoms with Crippen molar-refractivity contribution in [3.05, 3.63) is 65.7 Å². The third kappa shape index (κ3) is 7.18. The molecule has 156 valence electrons. The molecule has 2 aromatic carbocycles. The van der Waals surface area contributed by atoms with Gasteiger partial charge in [0.05, 0.1) is 13.0 Å². The first-order valence-electron chi connectivity index (χ1n) is 10.5. The number of benzene rings is 2. The molecule has 0 aromatic heterocycles. The molecule has 0 bridgehead atoms. The number of carbonyl (C=O) groups is 1. The number of para-hydroxylation sites is 1. The first kappa shape index (κ1) is 21.3. The second kappa shape index (κ2) is 11.6. The van der Waals surface area contributed by atoms with Crippen LogP contribution < -0.4 is 4.74 Å². The summed E-state index contributed by atoms with van der Waals surface area (Å²) in [7, 11) is 0. The number of rotatable bonds is 11. The van der Waals surface area contributed by atoms with E-state index in [2.05, 4.69) is 35.2 Å². The van der Waals surface area contributed by atoms with E-state index in [0.717, 1.165) is 44.5 Å². The van der Waals surface area contributed by atoms with Gasteiger partial charge in [0.2, 0.25) is 0 Å². The number of aliphatic carboxylic acids is 1. The van der Waals surface area contributed by atoms with Crippen molar-refractivity contribution in [2.75, 3.05) is 26.3 Å². The maximum atomic E-state index is 11.2. The predicted molar refractivity (Wildman–Crippen MR) is 113 cm³/mol. The number of carboxylic acids is 1. The lowest BCUT2D eigenvalue weighted by Crippen LogP contribution is -2.42. The molecule has 1 aliphatic heterocycles. The van der Waals surface area contributed by atoms with Gasteiger partial charge in [-0.15, -0.1) is 0 Å². The second-order valence-electron chi connectivity index (χ2n) is 7.46. The maximum Gasteiger partial charge on any atom is 0.307 e. The summed E-state index contributed by atoms with van der Waals surface area (Å²) >= 11 is 0. The SMILES string of the molecule is O=C(O)CC(OCCOc1ccccc1CCc1ccccc1)N1CCCCC1. The highest BCUT2D eigenvalue weighted by molar-refractivity contribution is 5.67. The molecule has 0 radical (unpaired) electrons. The van der Waals surface area contributed by atoms with E-state index in [9.17, 15) is 9.90 Å². The highest BCUT2D eigenvalue weighted by Gasteiger charge is 2.23. The lowest BCUT2D eigenvalue weighted by Gasteiger charge is -2.33. The molecular formula is C24H31NO4. The van der Waals surface area contributed by atoms with Gasteiger partial charge in [-0.3, -0.25) is 9.69 Å². The van der Waals surface area contributed by atoms with Crippen molar-refractivity contribution in [1.82, 2.24) is 4.90 Å². The average molecular weight is 398 g/mol. The zero-order valence-electron chi connectivity index (χ0n) is 17.0. The summed E-state index contributed by atoms with van der Waals surface area (Å²) in [4.78, 5) is 13.3. The quantitative estimate of drug-likeness (QED) is 0.577. The van der Waals surface area contributed by atoms with Gasteiger partial charge in [0, 0.05) is 13.1 Å². The first-order chi connectivity index (χ1) is 14.2. The summed E-state index contributed by atoms with van der Waals surface area (Å²) in [6.07, 6.45) is 4.93. The standard InChI is InChI=1S/C24H31NO4/c26-24(27)19-23(25-15-7-2-8-16-25)29-18-17-28-22-12-6-5-11-21(22)14-13-20-9-3-1-4-10-20/h1,3-6,9-12,23H,2,7-8,13-19H2,(H,26,27). The predicted octanol–water partition coefficient (Wildman–Crippen LogP) is 4.15. The van der Waals surface area contributed by atoms with Crippen LogP contribution in [0.4, 0.5) is 0 Å².